The SMILES string of the molecule is CCCc1cc2c(cc1CCC)CC(NC[C@H](O)c1ccc(O)c3[nH]c(=O)ccc13)C2. The van der Waals surface area contributed by atoms with Crippen LogP contribution in [0, 0.1) is 0 Å². The highest BCUT2D eigenvalue weighted by Crippen LogP contribution is 2.30. The molecule has 1 heterocycles. The number of rotatable bonds is 8. The second-order valence-corrected chi connectivity index (χ2v) is 8.70. The number of nitrogens with one attached hydrogen (secondary N) is 2. The molecule has 3 aromatic rings. The zero-order valence-electron chi connectivity index (χ0n) is 18.4. The van der Waals surface area contributed by atoms with Gasteiger partial charge in [-0.2, -0.15) is 0 Å². The number of aryl methyl sites for hydroxylation is 2. The van der Waals surface area contributed by atoms with Crippen molar-refractivity contribution in [1.29, 1.82) is 0 Å². The zero-order valence-corrected chi connectivity index (χ0v) is 18.4. The Morgan fingerprint density at radius 1 is 1.03 bits per heavy atom. The predicted molar refractivity (Wildman–Crippen MR) is 125 cm³/mol. The van der Waals surface area contributed by atoms with Gasteiger partial charge in [-0.1, -0.05) is 44.9 Å². The number of phenolic OH excluding ortho intramolecular Hbond substituents is 1. The number of pyridine rings is 1. The van der Waals surface area contributed by atoms with Crippen LogP contribution in [0.2, 0.25) is 0 Å². The van der Waals surface area contributed by atoms with Gasteiger partial charge in [-0.3, -0.25) is 4.79 Å². The van der Waals surface area contributed by atoms with E-state index < -0.39 is 6.10 Å². The molecule has 4 rings (SSSR count). The maximum atomic E-state index is 11.6. The number of hydrogen-bond acceptors (Lipinski definition) is 4. The van der Waals surface area contributed by atoms with Crippen molar-refractivity contribution in [2.24, 2.45) is 0 Å². The molecular weight excluding hydrogens is 388 g/mol. The van der Waals surface area contributed by atoms with E-state index in [1.165, 1.54) is 34.4 Å². The first-order valence-corrected chi connectivity index (χ1v) is 11.4. The fourth-order valence-corrected chi connectivity index (χ4v) is 4.86. The molecule has 0 aliphatic heterocycles. The molecular formula is C26H32N2O3. The van der Waals surface area contributed by atoms with Gasteiger partial charge in [0.1, 0.15) is 5.75 Å². The fraction of sp³-hybridized carbons (Fsp3) is 0.423. The van der Waals surface area contributed by atoms with Crippen LogP contribution in [0.3, 0.4) is 0 Å². The quantitative estimate of drug-likeness (QED) is 0.445. The Bertz CT molecular complexity index is 1100. The Kier molecular flexibility index (Phi) is 6.44. The van der Waals surface area contributed by atoms with Gasteiger partial charge < -0.3 is 20.5 Å². The molecule has 1 aromatic heterocycles. The summed E-state index contributed by atoms with van der Waals surface area (Å²) in [6.07, 6.45) is 5.82. The van der Waals surface area contributed by atoms with E-state index in [-0.39, 0.29) is 11.3 Å². The number of aromatic amines is 1. The summed E-state index contributed by atoms with van der Waals surface area (Å²) in [7, 11) is 0. The number of aliphatic hydroxyl groups is 1. The number of phenols is 1. The minimum Gasteiger partial charge on any atom is -0.506 e. The normalized spacial score (nSPS) is 14.8. The summed E-state index contributed by atoms with van der Waals surface area (Å²) in [4.78, 5) is 14.3. The standard InChI is InChI=1S/C26H32N2O3/c1-3-5-16-11-18-13-20(14-19(18)12-17(16)6-4-2)27-15-24(30)21-7-9-23(29)26-22(21)8-10-25(31)28-26/h7-12,20,24,27,29-30H,3-6,13-15H2,1-2H3,(H,28,31)/t24-/m0/s1. The number of fused-ring (bicyclic) bond motifs is 2. The van der Waals surface area contributed by atoms with Gasteiger partial charge in [-0.25, -0.2) is 0 Å². The van der Waals surface area contributed by atoms with E-state index in [0.29, 0.717) is 29.1 Å². The van der Waals surface area contributed by atoms with Crippen molar-refractivity contribution >= 4 is 10.9 Å². The molecule has 0 fully saturated rings. The highest BCUT2D eigenvalue weighted by molar-refractivity contribution is 5.87. The molecule has 164 valence electrons. The maximum absolute atomic E-state index is 11.6. The number of aromatic nitrogens is 1. The van der Waals surface area contributed by atoms with Gasteiger partial charge in [0.2, 0.25) is 5.56 Å². The second kappa shape index (κ2) is 9.25. The smallest absolute Gasteiger partial charge is 0.248 e. The average molecular weight is 421 g/mol. The molecule has 0 radical (unpaired) electrons. The highest BCUT2D eigenvalue weighted by Gasteiger charge is 2.24. The van der Waals surface area contributed by atoms with Crippen molar-refractivity contribution < 1.29 is 10.2 Å². The number of H-pyrrole nitrogens is 1. The van der Waals surface area contributed by atoms with Crippen LogP contribution in [-0.4, -0.2) is 27.8 Å². The van der Waals surface area contributed by atoms with Gasteiger partial charge in [-0.15, -0.1) is 0 Å². The lowest BCUT2D eigenvalue weighted by atomic mass is 9.94. The van der Waals surface area contributed by atoms with E-state index in [1.807, 2.05) is 0 Å². The van der Waals surface area contributed by atoms with Gasteiger partial charge in [-0.05, 0) is 65.6 Å². The number of aromatic hydroxyl groups is 1. The van der Waals surface area contributed by atoms with Crippen molar-refractivity contribution in [1.82, 2.24) is 10.3 Å². The number of hydrogen-bond donors (Lipinski definition) is 4. The van der Waals surface area contributed by atoms with E-state index >= 15 is 0 Å². The van der Waals surface area contributed by atoms with Crippen LogP contribution < -0.4 is 10.9 Å². The maximum Gasteiger partial charge on any atom is 0.248 e. The molecule has 0 saturated carbocycles. The molecule has 1 atom stereocenters. The number of aliphatic hydroxyl groups excluding tert-OH is 1. The average Bonchev–Trinajstić information content (AvgIpc) is 3.15. The first-order chi connectivity index (χ1) is 15.0. The van der Waals surface area contributed by atoms with Crippen LogP contribution in [0.25, 0.3) is 10.9 Å². The Morgan fingerprint density at radius 3 is 2.29 bits per heavy atom. The largest absolute Gasteiger partial charge is 0.506 e. The van der Waals surface area contributed by atoms with Gasteiger partial charge in [0, 0.05) is 24.0 Å². The third-order valence-corrected chi connectivity index (χ3v) is 6.36. The number of benzene rings is 2. The molecule has 1 aliphatic rings. The van der Waals surface area contributed by atoms with Crippen LogP contribution in [0.4, 0.5) is 0 Å². The van der Waals surface area contributed by atoms with Gasteiger partial charge >= 0.3 is 0 Å². The highest BCUT2D eigenvalue weighted by atomic mass is 16.3. The van der Waals surface area contributed by atoms with Crippen molar-refractivity contribution in [2.75, 3.05) is 6.54 Å². The first kappa shape index (κ1) is 21.6. The summed E-state index contributed by atoms with van der Waals surface area (Å²) in [6, 6.07) is 11.4. The Morgan fingerprint density at radius 2 is 1.68 bits per heavy atom. The Labute approximate surface area is 183 Å². The molecule has 0 unspecified atom stereocenters. The molecule has 0 saturated heterocycles. The van der Waals surface area contributed by atoms with Crippen molar-refractivity contribution in [2.45, 2.75) is 64.5 Å². The monoisotopic (exact) mass is 420 g/mol. The summed E-state index contributed by atoms with van der Waals surface area (Å²) in [5.41, 5.74) is 6.64. The van der Waals surface area contributed by atoms with Crippen LogP contribution in [-0.2, 0) is 25.7 Å². The molecule has 4 N–H and O–H groups in total. The first-order valence-electron chi connectivity index (χ1n) is 11.4. The van der Waals surface area contributed by atoms with E-state index in [1.54, 1.807) is 12.1 Å². The van der Waals surface area contributed by atoms with Crippen molar-refractivity contribution in [3.8, 4) is 5.75 Å². The summed E-state index contributed by atoms with van der Waals surface area (Å²) in [5.74, 6) is 0.00798. The predicted octanol–water partition coefficient (Wildman–Crippen LogP) is 3.93. The van der Waals surface area contributed by atoms with Gasteiger partial charge in [0.15, 0.2) is 0 Å². The molecule has 5 heteroatoms. The molecule has 0 amide bonds. The van der Waals surface area contributed by atoms with E-state index in [4.69, 9.17) is 0 Å². The molecule has 2 aromatic carbocycles. The van der Waals surface area contributed by atoms with E-state index in [9.17, 15) is 15.0 Å². The van der Waals surface area contributed by atoms with Gasteiger partial charge in [0.05, 0.1) is 11.6 Å². The summed E-state index contributed by atoms with van der Waals surface area (Å²) in [6.45, 7) is 4.88. The minimum atomic E-state index is -0.732. The van der Waals surface area contributed by atoms with Crippen molar-refractivity contribution in [3.05, 3.63) is 74.6 Å². The molecule has 1 aliphatic carbocycles. The summed E-state index contributed by atoms with van der Waals surface area (Å²) in [5, 5.41) is 25.1. The Balaban J connectivity index is 1.47. The van der Waals surface area contributed by atoms with Crippen LogP contribution >= 0.6 is 0 Å². The Hall–Kier alpha value is -2.63. The third kappa shape index (κ3) is 4.53. The molecule has 5 nitrogen and oxygen atoms in total. The van der Waals surface area contributed by atoms with E-state index in [2.05, 4.69) is 36.3 Å². The molecule has 31 heavy (non-hydrogen) atoms. The van der Waals surface area contributed by atoms with Crippen LogP contribution in [0.15, 0.2) is 41.2 Å². The third-order valence-electron chi connectivity index (χ3n) is 6.36. The van der Waals surface area contributed by atoms with Crippen LogP contribution in [0.1, 0.15) is 60.6 Å². The fourth-order valence-electron chi connectivity index (χ4n) is 4.86. The molecule has 0 bridgehead atoms. The topological polar surface area (TPSA) is 85.3 Å². The second-order valence-electron chi connectivity index (χ2n) is 8.70. The lowest BCUT2D eigenvalue weighted by Gasteiger charge is -2.18. The van der Waals surface area contributed by atoms with E-state index in [0.717, 1.165) is 38.5 Å². The van der Waals surface area contributed by atoms with Crippen molar-refractivity contribution in [3.63, 3.8) is 0 Å². The van der Waals surface area contributed by atoms with Crippen LogP contribution in [0.5, 0.6) is 5.75 Å². The van der Waals surface area contributed by atoms with Gasteiger partial charge in [0.25, 0.3) is 0 Å². The summed E-state index contributed by atoms with van der Waals surface area (Å²) >= 11 is 0. The zero-order chi connectivity index (χ0) is 22.0. The lowest BCUT2D eigenvalue weighted by Crippen LogP contribution is -2.33. The lowest BCUT2D eigenvalue weighted by molar-refractivity contribution is 0.171. The summed E-state index contributed by atoms with van der Waals surface area (Å²) < 4.78 is 0. The minimum absolute atomic E-state index is 0.00798. The molecule has 0 spiro atoms.